The molecule has 2 N–H and O–H groups in total. The minimum Gasteiger partial charge on any atom is -0.336 e. The number of fused-ring (bicyclic) bond motifs is 1. The van der Waals surface area contributed by atoms with E-state index in [1.165, 1.54) is 12.4 Å². The summed E-state index contributed by atoms with van der Waals surface area (Å²) >= 11 is 5.82. The summed E-state index contributed by atoms with van der Waals surface area (Å²) in [6, 6.07) is 8.67. The second kappa shape index (κ2) is 5.72. The maximum Gasteiger partial charge on any atom is 0.165 e. The van der Waals surface area contributed by atoms with E-state index < -0.39 is 5.82 Å². The van der Waals surface area contributed by atoms with Gasteiger partial charge < -0.3 is 10.6 Å². The Labute approximate surface area is 136 Å². The minimum absolute atomic E-state index is 0.0579. The zero-order valence-corrected chi connectivity index (χ0v) is 12.8. The number of nitrogens with zero attached hydrogens (tertiary/aromatic N) is 3. The first-order valence-electron chi connectivity index (χ1n) is 7.26. The van der Waals surface area contributed by atoms with Gasteiger partial charge in [0.2, 0.25) is 0 Å². The predicted molar refractivity (Wildman–Crippen MR) is 87.6 cm³/mol. The van der Waals surface area contributed by atoms with Crippen LogP contribution >= 0.6 is 11.6 Å². The lowest BCUT2D eigenvalue weighted by molar-refractivity contribution is 0.441. The molecule has 1 aliphatic rings. The van der Waals surface area contributed by atoms with Crippen molar-refractivity contribution in [2.24, 2.45) is 0 Å². The number of hydrogen-bond donors (Lipinski definition) is 2. The van der Waals surface area contributed by atoms with Crippen LogP contribution in [0.15, 0.2) is 36.7 Å². The topological polar surface area (TPSA) is 62.7 Å². The number of anilines is 2. The Hall–Kier alpha value is -2.31. The highest BCUT2D eigenvalue weighted by Crippen LogP contribution is 2.28. The maximum absolute atomic E-state index is 14.1. The summed E-state index contributed by atoms with van der Waals surface area (Å²) in [5.74, 6) is 0.348. The van der Waals surface area contributed by atoms with E-state index in [4.69, 9.17) is 11.6 Å². The van der Waals surface area contributed by atoms with Crippen molar-refractivity contribution in [1.29, 1.82) is 0 Å². The van der Waals surface area contributed by atoms with Crippen LogP contribution in [0.1, 0.15) is 11.6 Å². The van der Waals surface area contributed by atoms with Gasteiger partial charge in [-0.2, -0.15) is 0 Å². The van der Waals surface area contributed by atoms with Gasteiger partial charge in [0, 0.05) is 24.7 Å². The summed E-state index contributed by atoms with van der Waals surface area (Å²) in [6.07, 6.45) is 1.43. The van der Waals surface area contributed by atoms with Crippen molar-refractivity contribution in [2.75, 3.05) is 18.4 Å². The van der Waals surface area contributed by atoms with Gasteiger partial charge in [0.05, 0.1) is 16.2 Å². The monoisotopic (exact) mass is 329 g/mol. The van der Waals surface area contributed by atoms with Gasteiger partial charge in [-0.05, 0) is 24.3 Å². The van der Waals surface area contributed by atoms with Crippen molar-refractivity contribution >= 4 is 34.1 Å². The third-order valence-electron chi connectivity index (χ3n) is 3.91. The van der Waals surface area contributed by atoms with Crippen LogP contribution in [0.2, 0.25) is 5.02 Å². The highest BCUT2D eigenvalue weighted by Gasteiger charge is 2.21. The van der Waals surface area contributed by atoms with Gasteiger partial charge in [-0.3, -0.25) is 0 Å². The zero-order chi connectivity index (χ0) is 15.8. The molecule has 0 saturated carbocycles. The van der Waals surface area contributed by atoms with Gasteiger partial charge in [-0.1, -0.05) is 17.7 Å². The Bertz CT molecular complexity index is 881. The molecule has 0 radical (unpaired) electrons. The molecule has 1 saturated heterocycles. The number of aromatic nitrogens is 3. The predicted octanol–water partition coefficient (Wildman–Crippen LogP) is 3.25. The highest BCUT2D eigenvalue weighted by atomic mass is 35.5. The largest absolute Gasteiger partial charge is 0.336 e. The van der Waals surface area contributed by atoms with E-state index in [2.05, 4.69) is 25.6 Å². The van der Waals surface area contributed by atoms with Crippen molar-refractivity contribution in [2.45, 2.75) is 5.92 Å². The molecule has 4 rings (SSSR count). The Morgan fingerprint density at radius 3 is 2.83 bits per heavy atom. The highest BCUT2D eigenvalue weighted by molar-refractivity contribution is 6.31. The Morgan fingerprint density at radius 1 is 1.17 bits per heavy atom. The molecule has 3 heterocycles. The Balaban J connectivity index is 1.77. The van der Waals surface area contributed by atoms with Crippen LogP contribution in [0.3, 0.4) is 0 Å². The molecule has 1 aliphatic heterocycles. The summed E-state index contributed by atoms with van der Waals surface area (Å²) in [5.41, 5.74) is 2.58. The molecule has 0 spiro atoms. The van der Waals surface area contributed by atoms with Gasteiger partial charge in [-0.15, -0.1) is 0 Å². The Morgan fingerprint density at radius 2 is 2.04 bits per heavy atom. The molecule has 0 aliphatic carbocycles. The minimum atomic E-state index is -0.514. The molecule has 0 bridgehead atoms. The van der Waals surface area contributed by atoms with Gasteiger partial charge in [0.25, 0.3) is 0 Å². The second-order valence-corrected chi connectivity index (χ2v) is 5.81. The van der Waals surface area contributed by atoms with Crippen molar-refractivity contribution in [3.8, 4) is 0 Å². The molecule has 0 atom stereocenters. The second-order valence-electron chi connectivity index (χ2n) is 5.41. The van der Waals surface area contributed by atoms with Crippen LogP contribution in [0.25, 0.3) is 11.0 Å². The average molecular weight is 330 g/mol. The lowest BCUT2D eigenvalue weighted by Crippen LogP contribution is -2.40. The van der Waals surface area contributed by atoms with Crippen LogP contribution in [0.5, 0.6) is 0 Å². The lowest BCUT2D eigenvalue weighted by atomic mass is 9.98. The maximum atomic E-state index is 14.1. The summed E-state index contributed by atoms with van der Waals surface area (Å²) in [7, 11) is 0. The van der Waals surface area contributed by atoms with E-state index in [9.17, 15) is 4.39 Å². The third-order valence-corrected chi connectivity index (χ3v) is 4.20. The van der Waals surface area contributed by atoms with E-state index >= 15 is 0 Å². The summed E-state index contributed by atoms with van der Waals surface area (Å²) < 4.78 is 14.1. The van der Waals surface area contributed by atoms with E-state index in [0.717, 1.165) is 18.8 Å². The quantitative estimate of drug-likeness (QED) is 0.772. The smallest absolute Gasteiger partial charge is 0.165 e. The number of rotatable bonds is 3. The summed E-state index contributed by atoms with van der Waals surface area (Å²) in [6.45, 7) is 1.83. The molecule has 1 aromatic carbocycles. The van der Waals surface area contributed by atoms with Crippen LogP contribution in [0.4, 0.5) is 15.9 Å². The number of halogens is 2. The lowest BCUT2D eigenvalue weighted by Gasteiger charge is -2.26. The molecule has 1 fully saturated rings. The molecule has 5 nitrogen and oxygen atoms in total. The first-order chi connectivity index (χ1) is 11.2. The summed E-state index contributed by atoms with van der Waals surface area (Å²) in [4.78, 5) is 13.1. The number of benzene rings is 1. The standard InChI is InChI=1S/C16H13ClFN5/c17-10-2-1-3-12(14(10)18)23-16-15-13(20-8-21-16)5-4-11(22-15)9-6-19-7-9/h1-5,8-9,19H,6-7H2,(H,20,21,23). The fourth-order valence-electron chi connectivity index (χ4n) is 2.50. The molecule has 3 aromatic rings. The van der Waals surface area contributed by atoms with Crippen molar-refractivity contribution in [3.63, 3.8) is 0 Å². The molecule has 0 unspecified atom stereocenters. The van der Waals surface area contributed by atoms with Crippen LogP contribution < -0.4 is 10.6 Å². The first-order valence-corrected chi connectivity index (χ1v) is 7.63. The van der Waals surface area contributed by atoms with Gasteiger partial charge in [0.15, 0.2) is 11.6 Å². The SMILES string of the molecule is Fc1c(Cl)cccc1Nc1ncnc2ccc(C3CNC3)nc12. The van der Waals surface area contributed by atoms with Gasteiger partial charge in [-0.25, -0.2) is 19.3 Å². The first kappa shape index (κ1) is 14.3. The van der Waals surface area contributed by atoms with E-state index in [0.29, 0.717) is 22.8 Å². The molecular formula is C16H13ClFN5. The van der Waals surface area contributed by atoms with Crippen molar-refractivity contribution in [1.82, 2.24) is 20.3 Å². The fourth-order valence-corrected chi connectivity index (χ4v) is 2.67. The zero-order valence-electron chi connectivity index (χ0n) is 12.1. The number of hydrogen-bond acceptors (Lipinski definition) is 5. The van der Waals surface area contributed by atoms with Crippen molar-refractivity contribution in [3.05, 3.63) is 53.2 Å². The number of nitrogens with one attached hydrogen (secondary N) is 2. The molecule has 2 aromatic heterocycles. The van der Waals surface area contributed by atoms with E-state index in [1.54, 1.807) is 12.1 Å². The van der Waals surface area contributed by atoms with Gasteiger partial charge >= 0.3 is 0 Å². The van der Waals surface area contributed by atoms with E-state index in [1.807, 2.05) is 12.1 Å². The van der Waals surface area contributed by atoms with Gasteiger partial charge in [0.1, 0.15) is 11.8 Å². The molecule has 116 valence electrons. The fraction of sp³-hybridized carbons (Fsp3) is 0.188. The third kappa shape index (κ3) is 2.60. The van der Waals surface area contributed by atoms with Crippen LogP contribution in [0, 0.1) is 5.82 Å². The average Bonchev–Trinajstić information content (AvgIpc) is 2.51. The molecule has 23 heavy (non-hydrogen) atoms. The van der Waals surface area contributed by atoms with E-state index in [-0.39, 0.29) is 10.7 Å². The normalized spacial score (nSPS) is 14.7. The number of pyridine rings is 1. The Kier molecular flexibility index (Phi) is 3.55. The molecule has 0 amide bonds. The molecular weight excluding hydrogens is 317 g/mol. The van der Waals surface area contributed by atoms with Crippen molar-refractivity contribution < 1.29 is 4.39 Å². The van der Waals surface area contributed by atoms with Crippen LogP contribution in [-0.2, 0) is 0 Å². The summed E-state index contributed by atoms with van der Waals surface area (Å²) in [5, 5.41) is 6.25. The molecule has 7 heteroatoms. The van der Waals surface area contributed by atoms with Crippen LogP contribution in [-0.4, -0.2) is 28.0 Å².